The van der Waals surface area contributed by atoms with Crippen LogP contribution in [-0.2, 0) is 21.5 Å². The van der Waals surface area contributed by atoms with Crippen LogP contribution >= 0.6 is 11.6 Å². The summed E-state index contributed by atoms with van der Waals surface area (Å²) in [5, 5.41) is 0.467. The average molecular weight is 589 g/mol. The van der Waals surface area contributed by atoms with Crippen molar-refractivity contribution in [1.29, 1.82) is 0 Å². The molecule has 4 fully saturated rings. The predicted octanol–water partition coefficient (Wildman–Crippen LogP) is 5.11. The maximum Gasteiger partial charge on any atom is 0.238 e. The molecule has 0 bridgehead atoms. The molecular formula is C33H41ClN6O2. The van der Waals surface area contributed by atoms with Gasteiger partial charge >= 0.3 is 0 Å². The van der Waals surface area contributed by atoms with E-state index in [1.807, 2.05) is 17.0 Å². The third-order valence-corrected chi connectivity index (χ3v) is 11.3. The van der Waals surface area contributed by atoms with Crippen molar-refractivity contribution < 1.29 is 9.53 Å². The van der Waals surface area contributed by atoms with Crippen molar-refractivity contribution in [2.24, 2.45) is 5.41 Å². The van der Waals surface area contributed by atoms with Gasteiger partial charge in [0.1, 0.15) is 5.52 Å². The normalized spacial score (nSPS) is 27.5. The number of aromatic nitrogens is 3. The van der Waals surface area contributed by atoms with Crippen LogP contribution in [-0.4, -0.2) is 87.8 Å². The first kappa shape index (κ1) is 27.1. The number of halogens is 1. The van der Waals surface area contributed by atoms with Gasteiger partial charge in [0.05, 0.1) is 42.2 Å². The number of hydrogen-bond acceptors (Lipinski definition) is 6. The second-order valence-electron chi connectivity index (χ2n) is 14.1. The zero-order valence-electron chi connectivity index (χ0n) is 25.0. The van der Waals surface area contributed by atoms with E-state index in [-0.39, 0.29) is 6.04 Å². The molecule has 8 rings (SSSR count). The van der Waals surface area contributed by atoms with Gasteiger partial charge in [0.15, 0.2) is 5.15 Å². The molecule has 8 nitrogen and oxygen atoms in total. The molecule has 9 heteroatoms. The van der Waals surface area contributed by atoms with Gasteiger partial charge in [-0.25, -0.2) is 9.97 Å². The van der Waals surface area contributed by atoms with Crippen molar-refractivity contribution in [2.45, 2.75) is 83.0 Å². The van der Waals surface area contributed by atoms with E-state index in [1.54, 1.807) is 0 Å². The number of carbonyl (C=O) groups is 1. The van der Waals surface area contributed by atoms with E-state index >= 15 is 0 Å². The number of imidazole rings is 1. The molecular weight excluding hydrogens is 548 g/mol. The van der Waals surface area contributed by atoms with Gasteiger partial charge in [-0.1, -0.05) is 37.6 Å². The molecule has 6 heterocycles. The lowest BCUT2D eigenvalue weighted by Crippen LogP contribution is -2.59. The van der Waals surface area contributed by atoms with Gasteiger partial charge in [-0.15, -0.1) is 0 Å². The molecule has 1 saturated carbocycles. The van der Waals surface area contributed by atoms with Crippen LogP contribution in [0.4, 0.5) is 5.69 Å². The molecule has 0 atom stereocenters. The van der Waals surface area contributed by atoms with Crippen LogP contribution in [0.15, 0.2) is 30.6 Å². The Morgan fingerprint density at radius 3 is 2.43 bits per heavy atom. The maximum absolute atomic E-state index is 14.6. The number of likely N-dealkylation sites (tertiary alicyclic amines) is 2. The molecule has 1 aromatic carbocycles. The third-order valence-electron chi connectivity index (χ3n) is 11.1. The summed E-state index contributed by atoms with van der Waals surface area (Å²) in [6.07, 6.45) is 6.92. The fourth-order valence-corrected chi connectivity index (χ4v) is 8.57. The van der Waals surface area contributed by atoms with Crippen molar-refractivity contribution in [2.75, 3.05) is 44.3 Å². The molecule has 1 amide bonds. The topological polar surface area (TPSA) is 66.7 Å². The lowest BCUT2D eigenvalue weighted by molar-refractivity contribution is -0.128. The van der Waals surface area contributed by atoms with Crippen molar-refractivity contribution >= 4 is 34.2 Å². The molecule has 3 aromatic rings. The molecule has 2 aromatic heterocycles. The number of pyridine rings is 1. The molecule has 0 unspecified atom stereocenters. The van der Waals surface area contributed by atoms with E-state index < -0.39 is 5.41 Å². The first-order valence-corrected chi connectivity index (χ1v) is 16.2. The summed E-state index contributed by atoms with van der Waals surface area (Å²) in [6.45, 7) is 13.5. The fraction of sp³-hybridized carbons (Fsp3) is 0.606. The zero-order chi connectivity index (χ0) is 28.8. The Labute approximate surface area is 253 Å². The molecule has 222 valence electrons. The average Bonchev–Trinajstić information content (AvgIpc) is 3.57. The highest BCUT2D eigenvalue weighted by molar-refractivity contribution is 6.34. The number of rotatable bonds is 5. The van der Waals surface area contributed by atoms with Gasteiger partial charge in [0, 0.05) is 36.4 Å². The van der Waals surface area contributed by atoms with Gasteiger partial charge in [-0.05, 0) is 81.8 Å². The molecule has 42 heavy (non-hydrogen) atoms. The van der Waals surface area contributed by atoms with Gasteiger partial charge in [-0.2, -0.15) is 0 Å². The Hall–Kier alpha value is -2.52. The summed E-state index contributed by atoms with van der Waals surface area (Å²) in [5.74, 6) is 0.312. The molecule has 4 aliphatic heterocycles. The third kappa shape index (κ3) is 4.09. The summed E-state index contributed by atoms with van der Waals surface area (Å²) in [4.78, 5) is 31.4. The van der Waals surface area contributed by atoms with E-state index in [0.717, 1.165) is 93.1 Å². The number of ether oxygens (including phenoxy) is 1. The van der Waals surface area contributed by atoms with Crippen molar-refractivity contribution in [3.05, 3.63) is 41.3 Å². The molecule has 3 saturated heterocycles. The second-order valence-corrected chi connectivity index (χ2v) is 14.4. The predicted molar refractivity (Wildman–Crippen MR) is 165 cm³/mol. The zero-order valence-corrected chi connectivity index (χ0v) is 25.7. The molecule has 0 N–H and O–H groups in total. The Kier molecular flexibility index (Phi) is 6.28. The van der Waals surface area contributed by atoms with Crippen LogP contribution < -0.4 is 4.90 Å². The molecule has 1 aliphatic carbocycles. The Balaban J connectivity index is 1.13. The molecule has 5 aliphatic rings. The van der Waals surface area contributed by atoms with Gasteiger partial charge in [0.25, 0.3) is 0 Å². The van der Waals surface area contributed by atoms with E-state index in [4.69, 9.17) is 21.3 Å². The minimum Gasteiger partial charge on any atom is -0.378 e. The number of amides is 1. The smallest absolute Gasteiger partial charge is 0.238 e. The minimum atomic E-state index is -0.440. The van der Waals surface area contributed by atoms with Gasteiger partial charge in [0.2, 0.25) is 5.91 Å². The van der Waals surface area contributed by atoms with E-state index in [2.05, 4.69) is 58.7 Å². The van der Waals surface area contributed by atoms with E-state index in [1.165, 1.54) is 18.5 Å². The monoisotopic (exact) mass is 588 g/mol. The number of carbonyl (C=O) groups excluding carboxylic acids is 1. The maximum atomic E-state index is 14.6. The van der Waals surface area contributed by atoms with Crippen LogP contribution in [0, 0.1) is 5.41 Å². The van der Waals surface area contributed by atoms with Crippen molar-refractivity contribution in [3.8, 4) is 11.3 Å². The van der Waals surface area contributed by atoms with Crippen LogP contribution in [0.3, 0.4) is 0 Å². The first-order chi connectivity index (χ1) is 20.3. The number of anilines is 1. The number of nitrogens with zero attached hydrogens (tertiary/aromatic N) is 6. The number of fused-ring (bicyclic) bond motifs is 3. The first-order valence-electron chi connectivity index (χ1n) is 15.8. The second kappa shape index (κ2) is 9.74. The number of piperidine rings is 1. The lowest BCUT2D eigenvalue weighted by atomic mass is 9.73. The van der Waals surface area contributed by atoms with Crippen LogP contribution in [0.25, 0.3) is 22.3 Å². The highest BCUT2D eigenvalue weighted by atomic mass is 35.5. The van der Waals surface area contributed by atoms with Gasteiger partial charge < -0.3 is 14.2 Å². The number of benzene rings is 1. The van der Waals surface area contributed by atoms with Gasteiger partial charge in [-0.3, -0.25) is 14.6 Å². The minimum absolute atomic E-state index is 0.247. The summed E-state index contributed by atoms with van der Waals surface area (Å²) in [6, 6.07) is 9.92. The quantitative estimate of drug-likeness (QED) is 0.386. The van der Waals surface area contributed by atoms with E-state index in [9.17, 15) is 4.79 Å². The summed E-state index contributed by atoms with van der Waals surface area (Å²) in [7, 11) is 0. The summed E-state index contributed by atoms with van der Waals surface area (Å²) < 4.78 is 7.50. The lowest BCUT2D eigenvalue weighted by Gasteiger charge is -2.47. The van der Waals surface area contributed by atoms with Crippen LogP contribution in [0.2, 0.25) is 5.15 Å². The Morgan fingerprint density at radius 2 is 1.76 bits per heavy atom. The summed E-state index contributed by atoms with van der Waals surface area (Å²) >= 11 is 6.70. The Morgan fingerprint density at radius 1 is 1.00 bits per heavy atom. The SMILES string of the molecule is CCn1cnc2cc(-c3ccc4c(c3)N([C@H]3C[C@@H](N5CCC(C)(C)C5)C3)C(=O)C43CCN(C4COC4)CC3)nc(Cl)c21. The summed E-state index contributed by atoms with van der Waals surface area (Å²) in [5.41, 5.74) is 5.74. The van der Waals surface area contributed by atoms with Crippen LogP contribution in [0.5, 0.6) is 0 Å². The Bertz CT molecular complexity index is 1550. The highest BCUT2D eigenvalue weighted by Gasteiger charge is 2.56. The van der Waals surface area contributed by atoms with E-state index in [0.29, 0.717) is 28.6 Å². The van der Waals surface area contributed by atoms with Crippen molar-refractivity contribution in [3.63, 3.8) is 0 Å². The largest absolute Gasteiger partial charge is 0.378 e. The van der Waals surface area contributed by atoms with Crippen molar-refractivity contribution in [1.82, 2.24) is 24.3 Å². The fourth-order valence-electron chi connectivity index (χ4n) is 8.27. The molecule has 1 spiro atoms. The molecule has 0 radical (unpaired) electrons. The standard InChI is InChI=1S/C33H41ClN6O2/c1-4-37-20-35-27-16-26(36-30(34)29(27)37)21-5-6-25-28(13-21)40(23-14-22(15-23)39-10-7-32(2,3)19-39)31(41)33(25)8-11-38(12-9-33)24-17-42-18-24/h5-6,13,16,20,22-24H,4,7-12,14-15,17-19H2,1-3H3/t22-,23+. The van der Waals surface area contributed by atoms with Crippen LogP contribution in [0.1, 0.15) is 58.4 Å². The number of hydrogen-bond donors (Lipinski definition) is 0. The number of aryl methyl sites for hydroxylation is 1. The highest BCUT2D eigenvalue weighted by Crippen LogP contribution is 2.52.